The Morgan fingerprint density at radius 2 is 0.615 bits per heavy atom. The lowest BCUT2D eigenvalue weighted by molar-refractivity contribution is -0.142. The Kier molecular flexibility index (Phi) is 27.3. The summed E-state index contributed by atoms with van der Waals surface area (Å²) in [5, 5.41) is 16.5. The van der Waals surface area contributed by atoms with Crippen molar-refractivity contribution in [3.05, 3.63) is 142 Å². The fraction of sp³-hybridized carbons (Fsp3) is 0.375. The fourth-order valence-electron chi connectivity index (χ4n) is 9.31. The summed E-state index contributed by atoms with van der Waals surface area (Å²) in [4.78, 5) is 194. The molecule has 0 spiro atoms. The maximum atomic E-state index is 12.6. The third-order valence-electron chi connectivity index (χ3n) is 13.8. The van der Waals surface area contributed by atoms with Crippen LogP contribution in [0.1, 0.15) is 159 Å². The van der Waals surface area contributed by atoms with Crippen molar-refractivity contribution >= 4 is 95.3 Å². The maximum Gasteiger partial charge on any atom is 0.337 e. The number of hydrazine groups is 4. The number of carbonyl (C=O) groups is 16. The second kappa shape index (κ2) is 34.9. The first-order valence-corrected chi connectivity index (χ1v) is 30.4. The third kappa shape index (κ3) is 18.0. The molecule has 16 amide bonds. The van der Waals surface area contributed by atoms with Gasteiger partial charge in [-0.15, -0.1) is 0 Å². The van der Waals surface area contributed by atoms with E-state index in [4.69, 9.17) is 14.2 Å². The number of nitrogens with one attached hydrogen (secondary N) is 4. The van der Waals surface area contributed by atoms with E-state index in [1.807, 2.05) is 20.8 Å². The highest BCUT2D eigenvalue weighted by Crippen LogP contribution is 2.29. The van der Waals surface area contributed by atoms with Crippen LogP contribution in [0.3, 0.4) is 0 Å². The van der Waals surface area contributed by atoms with Crippen molar-refractivity contribution in [1.29, 1.82) is 0 Å². The smallest absolute Gasteiger partial charge is 0.337 e. The summed E-state index contributed by atoms with van der Waals surface area (Å²) in [6, 6.07) is 21.6. The molecule has 512 valence electrons. The van der Waals surface area contributed by atoms with Crippen LogP contribution in [0, 0.1) is 5.92 Å². The molecule has 0 fully saturated rings. The molecular weight excluding hydrogens is 1260 g/mol. The van der Waals surface area contributed by atoms with Crippen molar-refractivity contribution in [2.45, 2.75) is 87.7 Å². The predicted octanol–water partition coefficient (Wildman–Crippen LogP) is 4.58. The van der Waals surface area contributed by atoms with Gasteiger partial charge in [0.25, 0.3) is 47.3 Å². The Labute approximate surface area is 551 Å². The van der Waals surface area contributed by atoms with E-state index in [1.165, 1.54) is 31.3 Å². The fourth-order valence-corrected chi connectivity index (χ4v) is 9.31. The predicted molar refractivity (Wildman–Crippen MR) is 336 cm³/mol. The molecule has 0 aromatic heterocycles. The molecule has 8 rings (SSSR count). The van der Waals surface area contributed by atoms with Gasteiger partial charge in [-0.2, -0.15) is 20.0 Å². The van der Waals surface area contributed by atoms with Gasteiger partial charge in [0.1, 0.15) is 26.2 Å². The van der Waals surface area contributed by atoms with Crippen molar-refractivity contribution in [2.75, 3.05) is 66.2 Å². The van der Waals surface area contributed by atoms with E-state index in [2.05, 4.69) is 26.0 Å². The second-order valence-corrected chi connectivity index (χ2v) is 21.3. The van der Waals surface area contributed by atoms with Gasteiger partial charge in [0, 0.05) is 13.6 Å². The first-order valence-electron chi connectivity index (χ1n) is 30.4. The van der Waals surface area contributed by atoms with Crippen LogP contribution in [-0.2, 0) is 38.1 Å². The van der Waals surface area contributed by atoms with E-state index in [-0.39, 0.29) is 110 Å². The van der Waals surface area contributed by atoms with Crippen LogP contribution in [0.4, 0.5) is 19.2 Å². The minimum Gasteiger partial charge on any atom is -0.465 e. The topological polar surface area (TPSA) is 384 Å². The van der Waals surface area contributed by atoms with Gasteiger partial charge in [-0.1, -0.05) is 69.3 Å². The molecule has 0 bridgehead atoms. The summed E-state index contributed by atoms with van der Waals surface area (Å²) in [5.74, 6) is -6.97. The molecule has 1 atom stereocenters. The van der Waals surface area contributed by atoms with E-state index in [1.54, 1.807) is 121 Å². The molecule has 4 aromatic carbocycles. The molecule has 0 radical (unpaired) electrons. The summed E-state index contributed by atoms with van der Waals surface area (Å²) in [6.45, 7) is 16.7. The second-order valence-electron chi connectivity index (χ2n) is 21.3. The standard InChI is InChI=1S/2C17H21N3O5.C16H19N3O5.C14H15N3O5/c1-4-25-14(21)9-18-17(24)19(10-11(2)3)20-15(22)12-7-5-6-8-13(12)16(20)23;1-4-11(3)19(17(24)18-10-14(21)25-5-2)20-15(22)12-8-6-7-9-13(12)16(20)23;1-4-24-13(20)9-17-16(23)18(10(2)3)19-14(21)11-7-5-6-8-12(11)15(19)22;1-3-22-11(18)8-15-14(21)16(2)17-12(19)9-6-4-5-7-10(9)13(17)20/h5-8,11H,4,9-10H2,1-3H3,(H,18,24);6-9,11H,4-5,10H2,1-3H3,(H,18,24);5-8,10H,4,9H2,1-3H3,(H,17,23);4-7H,3,8H2,1-2H3,(H,15,21). The normalized spacial score (nSPS) is 13.3. The van der Waals surface area contributed by atoms with Crippen molar-refractivity contribution in [3.8, 4) is 0 Å². The van der Waals surface area contributed by atoms with E-state index < -0.39 is 107 Å². The van der Waals surface area contributed by atoms with E-state index >= 15 is 0 Å². The van der Waals surface area contributed by atoms with Gasteiger partial charge < -0.3 is 40.2 Å². The number of imide groups is 4. The molecule has 0 saturated heterocycles. The zero-order chi connectivity index (χ0) is 71.2. The Morgan fingerprint density at radius 3 is 0.885 bits per heavy atom. The summed E-state index contributed by atoms with van der Waals surface area (Å²) in [6.07, 6.45) is 0.514. The monoisotopic (exact) mass is 1330 g/mol. The highest BCUT2D eigenvalue weighted by Gasteiger charge is 2.46. The lowest BCUT2D eigenvalue weighted by Gasteiger charge is -2.34. The zero-order valence-electron chi connectivity index (χ0n) is 54.8. The van der Waals surface area contributed by atoms with E-state index in [0.29, 0.717) is 6.42 Å². The number of carbonyl (C=O) groups excluding carboxylic acids is 16. The number of nitrogens with zero attached hydrogens (tertiary/aromatic N) is 8. The maximum absolute atomic E-state index is 12.6. The SMILES string of the molecule is CCOC(=O)CNC(=O)N(C(C)C)N1C(=O)c2ccccc2C1=O.CCOC(=O)CNC(=O)N(C(C)CC)N1C(=O)c2ccccc2C1=O.CCOC(=O)CNC(=O)N(C)N1C(=O)c2ccccc2C1=O.CCOC(=O)CNC(=O)N(CC(C)C)N1C(=O)c2ccccc2C1=O. The molecule has 1 unspecified atom stereocenters. The van der Waals surface area contributed by atoms with Crippen molar-refractivity contribution < 1.29 is 95.7 Å². The van der Waals surface area contributed by atoms with Crippen LogP contribution in [0.25, 0.3) is 0 Å². The lowest BCUT2D eigenvalue weighted by atomic mass is 10.1. The quantitative estimate of drug-likeness (QED) is 0.0504. The molecular formula is C64H76N12O20. The van der Waals surface area contributed by atoms with E-state index in [0.717, 1.165) is 40.1 Å². The number of amides is 16. The van der Waals surface area contributed by atoms with Crippen LogP contribution >= 0.6 is 0 Å². The van der Waals surface area contributed by atoms with Crippen LogP contribution in [0.15, 0.2) is 97.1 Å². The number of hydrogen-bond acceptors (Lipinski definition) is 20. The summed E-state index contributed by atoms with van der Waals surface area (Å²) < 4.78 is 18.9. The number of hydrogen-bond donors (Lipinski definition) is 4. The first-order chi connectivity index (χ1) is 45.6. The Hall–Kier alpha value is -11.6. The Bertz CT molecular complexity index is 3530. The van der Waals surface area contributed by atoms with Crippen molar-refractivity contribution in [3.63, 3.8) is 0 Å². The highest BCUT2D eigenvalue weighted by atomic mass is 16.5. The Morgan fingerprint density at radius 1 is 0.365 bits per heavy atom. The van der Waals surface area contributed by atoms with Gasteiger partial charge in [-0.3, -0.25) is 57.5 Å². The first kappa shape index (κ1) is 75.1. The minimum atomic E-state index is -0.762. The zero-order valence-corrected chi connectivity index (χ0v) is 54.8. The third-order valence-corrected chi connectivity index (χ3v) is 13.8. The van der Waals surface area contributed by atoms with Gasteiger partial charge in [-0.25, -0.2) is 39.2 Å². The van der Waals surface area contributed by atoms with Gasteiger partial charge in [0.05, 0.1) is 83.0 Å². The van der Waals surface area contributed by atoms with Crippen molar-refractivity contribution in [2.24, 2.45) is 5.92 Å². The number of fused-ring (bicyclic) bond motifs is 4. The molecule has 4 aliphatic heterocycles. The highest BCUT2D eigenvalue weighted by molar-refractivity contribution is 6.24. The largest absolute Gasteiger partial charge is 0.465 e. The van der Waals surface area contributed by atoms with Gasteiger partial charge >= 0.3 is 48.0 Å². The average molecular weight is 1330 g/mol. The number of rotatable bonds is 21. The summed E-state index contributed by atoms with van der Waals surface area (Å²) >= 11 is 0. The van der Waals surface area contributed by atoms with Crippen LogP contribution in [0.2, 0.25) is 0 Å². The van der Waals surface area contributed by atoms with Crippen molar-refractivity contribution in [1.82, 2.24) is 61.3 Å². The number of urea groups is 4. The number of ether oxygens (including phenoxy) is 4. The average Bonchev–Trinajstić information content (AvgIpc) is 1.62. The number of esters is 4. The van der Waals surface area contributed by atoms with Gasteiger partial charge in [0.15, 0.2) is 0 Å². The molecule has 32 heteroatoms. The molecule has 96 heavy (non-hydrogen) atoms. The number of benzene rings is 4. The lowest BCUT2D eigenvalue weighted by Crippen LogP contribution is -2.57. The minimum absolute atomic E-state index is 0.00217. The van der Waals surface area contributed by atoms with Crippen LogP contribution < -0.4 is 21.3 Å². The molecule has 4 N–H and O–H groups in total. The molecule has 4 heterocycles. The van der Waals surface area contributed by atoms with Gasteiger partial charge in [0.2, 0.25) is 0 Å². The Balaban J connectivity index is 0.000000232. The van der Waals surface area contributed by atoms with E-state index in [9.17, 15) is 76.7 Å². The molecule has 4 aliphatic rings. The summed E-state index contributed by atoms with van der Waals surface area (Å²) in [7, 11) is 1.27. The van der Waals surface area contributed by atoms with Gasteiger partial charge in [-0.05, 0) is 109 Å². The molecule has 0 aliphatic carbocycles. The molecule has 4 aromatic rings. The molecule has 0 saturated carbocycles. The van der Waals surface area contributed by atoms with Crippen LogP contribution in [0.5, 0.6) is 0 Å². The molecule has 32 nitrogen and oxygen atoms in total. The summed E-state index contributed by atoms with van der Waals surface area (Å²) in [5.41, 5.74) is 1.95. The van der Waals surface area contributed by atoms with Crippen LogP contribution in [-0.4, -0.2) is 214 Å².